The van der Waals surface area contributed by atoms with Gasteiger partial charge in [0.05, 0.1) is 5.52 Å². The first-order chi connectivity index (χ1) is 8.88. The molecule has 0 bridgehead atoms. The summed E-state index contributed by atoms with van der Waals surface area (Å²) in [5.41, 5.74) is 8.51. The fourth-order valence-electron chi connectivity index (χ4n) is 3.41. The molecule has 1 aromatic heterocycles. The minimum atomic E-state index is 0.172. The first-order valence-electron chi connectivity index (χ1n) is 7.31. The van der Waals surface area contributed by atoms with Gasteiger partial charge in [-0.2, -0.15) is 0 Å². The van der Waals surface area contributed by atoms with Crippen LogP contribution in [0.15, 0.2) is 12.1 Å². The first-order valence-corrected chi connectivity index (χ1v) is 7.31. The molecule has 1 heterocycles. The molecule has 1 aliphatic carbocycles. The summed E-state index contributed by atoms with van der Waals surface area (Å²) < 4.78 is 0. The van der Waals surface area contributed by atoms with Crippen molar-refractivity contribution in [1.29, 1.82) is 0 Å². The number of aryl methyl sites for hydroxylation is 3. The van der Waals surface area contributed by atoms with Crippen LogP contribution < -0.4 is 0 Å². The zero-order chi connectivity index (χ0) is 13.8. The Morgan fingerprint density at radius 3 is 2.47 bits per heavy atom. The maximum Gasteiger partial charge on any atom is 0.0740 e. The third kappa shape index (κ3) is 1.96. The second kappa shape index (κ2) is 4.06. The van der Waals surface area contributed by atoms with Gasteiger partial charge in [0, 0.05) is 11.1 Å². The van der Waals surface area contributed by atoms with Crippen molar-refractivity contribution in [3.05, 3.63) is 40.1 Å². The van der Waals surface area contributed by atoms with Crippen molar-refractivity contribution in [2.45, 2.75) is 59.3 Å². The quantitative estimate of drug-likeness (QED) is 0.666. The molecule has 0 saturated carbocycles. The number of benzene rings is 1. The summed E-state index contributed by atoms with van der Waals surface area (Å²) in [6.45, 7) is 11.3. The van der Waals surface area contributed by atoms with Crippen molar-refractivity contribution in [1.82, 2.24) is 4.98 Å². The second-order valence-corrected chi connectivity index (χ2v) is 6.95. The van der Waals surface area contributed by atoms with Gasteiger partial charge >= 0.3 is 0 Å². The molecule has 1 aliphatic rings. The molecule has 3 rings (SSSR count). The Morgan fingerprint density at radius 2 is 1.79 bits per heavy atom. The smallest absolute Gasteiger partial charge is 0.0740 e. The van der Waals surface area contributed by atoms with Crippen molar-refractivity contribution in [2.24, 2.45) is 0 Å². The third-order valence-electron chi connectivity index (χ3n) is 4.38. The van der Waals surface area contributed by atoms with Crippen molar-refractivity contribution in [3.63, 3.8) is 0 Å². The summed E-state index contributed by atoms with van der Waals surface area (Å²) in [6.07, 6.45) is 3.78. The van der Waals surface area contributed by atoms with Crippen molar-refractivity contribution < 1.29 is 0 Å². The van der Waals surface area contributed by atoms with Gasteiger partial charge in [0.15, 0.2) is 0 Å². The Bertz CT molecular complexity index is 660. The molecule has 1 heteroatoms. The average molecular weight is 253 g/mol. The molecule has 0 aliphatic heterocycles. The SMILES string of the molecule is Cc1cc(C(C)(C)C)c2cc3c(c(C)c2n1)CCC3. The van der Waals surface area contributed by atoms with Gasteiger partial charge < -0.3 is 0 Å². The van der Waals surface area contributed by atoms with Crippen LogP contribution in [0.1, 0.15) is 55.1 Å². The van der Waals surface area contributed by atoms with E-state index in [0.717, 1.165) is 5.69 Å². The van der Waals surface area contributed by atoms with E-state index >= 15 is 0 Å². The van der Waals surface area contributed by atoms with Crippen LogP contribution >= 0.6 is 0 Å². The molecule has 0 atom stereocenters. The predicted molar refractivity (Wildman–Crippen MR) is 81.9 cm³/mol. The highest BCUT2D eigenvalue weighted by Crippen LogP contribution is 2.36. The molecule has 1 aromatic carbocycles. The molecule has 0 fully saturated rings. The van der Waals surface area contributed by atoms with Gasteiger partial charge in [0.1, 0.15) is 0 Å². The van der Waals surface area contributed by atoms with Crippen LogP contribution in [0, 0.1) is 13.8 Å². The highest BCUT2D eigenvalue weighted by atomic mass is 14.7. The van der Waals surface area contributed by atoms with Gasteiger partial charge in [0.25, 0.3) is 0 Å². The summed E-state index contributed by atoms with van der Waals surface area (Å²) >= 11 is 0. The number of hydrogen-bond acceptors (Lipinski definition) is 1. The molecule has 100 valence electrons. The van der Waals surface area contributed by atoms with E-state index in [1.54, 1.807) is 11.1 Å². The van der Waals surface area contributed by atoms with Crippen LogP contribution in [0.3, 0.4) is 0 Å². The topological polar surface area (TPSA) is 12.9 Å². The molecule has 2 aromatic rings. The van der Waals surface area contributed by atoms with Gasteiger partial charge in [0.2, 0.25) is 0 Å². The molecule has 0 N–H and O–H groups in total. The summed E-state index contributed by atoms with van der Waals surface area (Å²) in [4.78, 5) is 4.83. The van der Waals surface area contributed by atoms with E-state index in [-0.39, 0.29) is 5.41 Å². The molecular weight excluding hydrogens is 230 g/mol. The fourth-order valence-corrected chi connectivity index (χ4v) is 3.41. The lowest BCUT2D eigenvalue weighted by Crippen LogP contribution is -2.13. The Balaban J connectivity index is 2.43. The summed E-state index contributed by atoms with van der Waals surface area (Å²) in [6, 6.07) is 4.68. The number of rotatable bonds is 0. The van der Waals surface area contributed by atoms with E-state index in [0.29, 0.717) is 0 Å². The Kier molecular flexibility index (Phi) is 2.70. The van der Waals surface area contributed by atoms with Crippen molar-refractivity contribution in [3.8, 4) is 0 Å². The lowest BCUT2D eigenvalue weighted by Gasteiger charge is -2.23. The average Bonchev–Trinajstić information content (AvgIpc) is 2.77. The highest BCUT2D eigenvalue weighted by molar-refractivity contribution is 5.88. The molecule has 0 saturated heterocycles. The summed E-state index contributed by atoms with van der Waals surface area (Å²) in [5, 5.41) is 1.37. The van der Waals surface area contributed by atoms with E-state index in [2.05, 4.69) is 46.8 Å². The van der Waals surface area contributed by atoms with Crippen LogP contribution in [-0.2, 0) is 18.3 Å². The van der Waals surface area contributed by atoms with Gasteiger partial charge in [-0.25, -0.2) is 0 Å². The number of aromatic nitrogens is 1. The van der Waals surface area contributed by atoms with Gasteiger partial charge in [-0.3, -0.25) is 4.98 Å². The molecule has 0 spiro atoms. The largest absolute Gasteiger partial charge is 0.253 e. The Morgan fingerprint density at radius 1 is 1.05 bits per heavy atom. The summed E-state index contributed by atoms with van der Waals surface area (Å²) in [7, 11) is 0. The molecule has 1 nitrogen and oxygen atoms in total. The number of hydrogen-bond donors (Lipinski definition) is 0. The molecule has 0 unspecified atom stereocenters. The maximum atomic E-state index is 4.83. The number of nitrogens with zero attached hydrogens (tertiary/aromatic N) is 1. The normalized spacial score (nSPS) is 15.0. The van der Waals surface area contributed by atoms with Crippen LogP contribution in [0.2, 0.25) is 0 Å². The van der Waals surface area contributed by atoms with Crippen molar-refractivity contribution in [2.75, 3.05) is 0 Å². The first kappa shape index (κ1) is 12.7. The van der Waals surface area contributed by atoms with Gasteiger partial charge in [-0.1, -0.05) is 20.8 Å². The molecule has 0 radical (unpaired) electrons. The third-order valence-corrected chi connectivity index (χ3v) is 4.38. The van der Waals surface area contributed by atoms with Crippen LogP contribution in [-0.4, -0.2) is 4.98 Å². The minimum absolute atomic E-state index is 0.172. The monoisotopic (exact) mass is 253 g/mol. The van der Waals surface area contributed by atoms with Crippen molar-refractivity contribution >= 4 is 10.9 Å². The Hall–Kier alpha value is -1.37. The van der Waals surface area contributed by atoms with E-state index < -0.39 is 0 Å². The van der Waals surface area contributed by atoms with Gasteiger partial charge in [-0.05, 0) is 72.9 Å². The highest BCUT2D eigenvalue weighted by Gasteiger charge is 2.22. The standard InChI is InChI=1S/C18H23N/c1-11-9-16(18(3,4)5)15-10-13-7-6-8-14(13)12(2)17(15)19-11/h9-10H,6-8H2,1-5H3. The minimum Gasteiger partial charge on any atom is -0.253 e. The molecule has 19 heavy (non-hydrogen) atoms. The number of fused-ring (bicyclic) bond motifs is 2. The number of pyridine rings is 1. The van der Waals surface area contributed by atoms with Gasteiger partial charge in [-0.15, -0.1) is 0 Å². The zero-order valence-corrected chi connectivity index (χ0v) is 12.7. The van der Waals surface area contributed by atoms with Crippen LogP contribution in [0.25, 0.3) is 10.9 Å². The zero-order valence-electron chi connectivity index (χ0n) is 12.7. The lowest BCUT2D eigenvalue weighted by molar-refractivity contribution is 0.594. The fraction of sp³-hybridized carbons (Fsp3) is 0.500. The molecule has 0 amide bonds. The van der Waals surface area contributed by atoms with E-state index in [4.69, 9.17) is 4.98 Å². The van der Waals surface area contributed by atoms with E-state index in [1.165, 1.54) is 41.3 Å². The predicted octanol–water partition coefficient (Wildman–Crippen LogP) is 4.64. The lowest BCUT2D eigenvalue weighted by atomic mass is 9.83. The van der Waals surface area contributed by atoms with Crippen LogP contribution in [0.5, 0.6) is 0 Å². The van der Waals surface area contributed by atoms with E-state index in [1.807, 2.05) is 0 Å². The summed E-state index contributed by atoms with van der Waals surface area (Å²) in [5.74, 6) is 0. The second-order valence-electron chi connectivity index (χ2n) is 6.95. The Labute approximate surface area is 116 Å². The maximum absolute atomic E-state index is 4.83. The van der Waals surface area contributed by atoms with Crippen LogP contribution in [0.4, 0.5) is 0 Å². The molecular formula is C18H23N. The van der Waals surface area contributed by atoms with E-state index in [9.17, 15) is 0 Å².